The van der Waals surface area contributed by atoms with Crippen molar-refractivity contribution in [1.29, 1.82) is 0 Å². The molecule has 2 nitrogen and oxygen atoms in total. The second-order valence-corrected chi connectivity index (χ2v) is 6.66. The second-order valence-electron chi connectivity index (χ2n) is 6.66. The van der Waals surface area contributed by atoms with Gasteiger partial charge in [-0.05, 0) is 68.2 Å². The summed E-state index contributed by atoms with van der Waals surface area (Å²) in [6, 6.07) is 8.46. The highest BCUT2D eigenvalue weighted by Gasteiger charge is 2.29. The van der Waals surface area contributed by atoms with Crippen LogP contribution in [0.15, 0.2) is 24.3 Å². The highest BCUT2D eigenvalue weighted by Crippen LogP contribution is 2.34. The van der Waals surface area contributed by atoms with E-state index in [2.05, 4.69) is 31.3 Å². The van der Waals surface area contributed by atoms with Gasteiger partial charge in [-0.25, -0.2) is 0 Å². The van der Waals surface area contributed by atoms with Crippen LogP contribution in [0.25, 0.3) is 0 Å². The van der Waals surface area contributed by atoms with E-state index in [1.807, 2.05) is 12.1 Å². The Labute approximate surface area is 130 Å². The van der Waals surface area contributed by atoms with Gasteiger partial charge in [0.1, 0.15) is 5.75 Å². The second kappa shape index (κ2) is 8.43. The third-order valence-corrected chi connectivity index (χ3v) is 4.88. The number of nitrogens with one attached hydrogen (secondary N) is 1. The fourth-order valence-electron chi connectivity index (χ4n) is 3.79. The summed E-state index contributed by atoms with van der Waals surface area (Å²) < 4.78 is 0. The van der Waals surface area contributed by atoms with Crippen molar-refractivity contribution in [1.82, 2.24) is 5.32 Å². The lowest BCUT2D eigenvalue weighted by Crippen LogP contribution is -2.42. The first kappa shape index (κ1) is 16.4. The topological polar surface area (TPSA) is 32.3 Å². The Morgan fingerprint density at radius 2 is 1.86 bits per heavy atom. The van der Waals surface area contributed by atoms with Gasteiger partial charge in [0.05, 0.1) is 0 Å². The van der Waals surface area contributed by atoms with Crippen LogP contribution in [0.3, 0.4) is 0 Å². The van der Waals surface area contributed by atoms with E-state index < -0.39 is 0 Å². The van der Waals surface area contributed by atoms with Crippen molar-refractivity contribution in [3.63, 3.8) is 0 Å². The minimum absolute atomic E-state index is 0.368. The van der Waals surface area contributed by atoms with E-state index in [4.69, 9.17) is 0 Å². The molecule has 0 saturated heterocycles. The Bertz CT molecular complexity index is 401. The Balaban J connectivity index is 1.99. The summed E-state index contributed by atoms with van der Waals surface area (Å²) in [6.07, 6.45) is 9.11. The maximum atomic E-state index is 9.43. The normalized spacial score (nSPS) is 25.9. The van der Waals surface area contributed by atoms with Crippen LogP contribution in [-0.4, -0.2) is 17.7 Å². The Hall–Kier alpha value is -1.02. The molecule has 0 spiro atoms. The van der Waals surface area contributed by atoms with Crippen LogP contribution in [0.2, 0.25) is 0 Å². The predicted octanol–water partition coefficient (Wildman–Crippen LogP) is 4.52. The molecule has 0 radical (unpaired) electrons. The summed E-state index contributed by atoms with van der Waals surface area (Å²) in [4.78, 5) is 0. The molecule has 0 amide bonds. The third-order valence-electron chi connectivity index (χ3n) is 4.88. The Morgan fingerprint density at radius 3 is 2.52 bits per heavy atom. The molecule has 0 bridgehead atoms. The number of rotatable bonds is 7. The van der Waals surface area contributed by atoms with Gasteiger partial charge in [-0.3, -0.25) is 0 Å². The fraction of sp³-hybridized carbons (Fsp3) is 0.684. The molecule has 1 fully saturated rings. The van der Waals surface area contributed by atoms with Crippen molar-refractivity contribution in [2.24, 2.45) is 11.8 Å². The van der Waals surface area contributed by atoms with Crippen molar-refractivity contribution >= 4 is 0 Å². The maximum absolute atomic E-state index is 9.43. The molecule has 1 aliphatic rings. The molecule has 1 aromatic carbocycles. The first-order valence-electron chi connectivity index (χ1n) is 8.74. The van der Waals surface area contributed by atoms with Crippen LogP contribution in [0.4, 0.5) is 0 Å². The van der Waals surface area contributed by atoms with Gasteiger partial charge in [0.15, 0.2) is 0 Å². The molecule has 3 unspecified atom stereocenters. The highest BCUT2D eigenvalue weighted by molar-refractivity contribution is 5.26. The Morgan fingerprint density at radius 1 is 1.10 bits per heavy atom. The molecule has 2 rings (SSSR count). The number of aromatic hydroxyl groups is 1. The van der Waals surface area contributed by atoms with Gasteiger partial charge >= 0.3 is 0 Å². The molecule has 0 heterocycles. The maximum Gasteiger partial charge on any atom is 0.115 e. The van der Waals surface area contributed by atoms with Crippen LogP contribution in [0, 0.1) is 11.8 Å². The van der Waals surface area contributed by atoms with Crippen molar-refractivity contribution in [2.75, 3.05) is 6.54 Å². The monoisotopic (exact) mass is 289 g/mol. The van der Waals surface area contributed by atoms with Crippen LogP contribution in [-0.2, 0) is 6.42 Å². The first-order chi connectivity index (χ1) is 10.2. The van der Waals surface area contributed by atoms with Crippen molar-refractivity contribution in [3.8, 4) is 5.75 Å². The minimum Gasteiger partial charge on any atom is -0.508 e. The van der Waals surface area contributed by atoms with E-state index in [-0.39, 0.29) is 0 Å². The van der Waals surface area contributed by atoms with E-state index >= 15 is 0 Å². The Kier molecular flexibility index (Phi) is 6.56. The molecule has 0 aromatic heterocycles. The smallest absolute Gasteiger partial charge is 0.115 e. The van der Waals surface area contributed by atoms with E-state index in [1.165, 1.54) is 44.1 Å². The number of phenolic OH excluding ortho intramolecular Hbond substituents is 1. The van der Waals surface area contributed by atoms with Crippen LogP contribution in [0.5, 0.6) is 5.75 Å². The summed E-state index contributed by atoms with van der Waals surface area (Å²) in [6.45, 7) is 5.68. The lowest BCUT2D eigenvalue weighted by molar-refractivity contribution is 0.194. The largest absolute Gasteiger partial charge is 0.508 e. The van der Waals surface area contributed by atoms with Crippen LogP contribution in [0.1, 0.15) is 57.9 Å². The lowest BCUT2D eigenvalue weighted by atomic mass is 9.74. The summed E-state index contributed by atoms with van der Waals surface area (Å²) in [5.41, 5.74) is 1.36. The predicted molar refractivity (Wildman–Crippen MR) is 89.6 cm³/mol. The van der Waals surface area contributed by atoms with Crippen molar-refractivity contribution < 1.29 is 5.11 Å². The van der Waals surface area contributed by atoms with Crippen LogP contribution >= 0.6 is 0 Å². The molecular weight excluding hydrogens is 258 g/mol. The van der Waals surface area contributed by atoms with Gasteiger partial charge in [-0.15, -0.1) is 0 Å². The number of phenols is 1. The quantitative estimate of drug-likeness (QED) is 0.773. The number of hydrogen-bond acceptors (Lipinski definition) is 2. The molecule has 1 aromatic rings. The zero-order chi connectivity index (χ0) is 15.1. The van der Waals surface area contributed by atoms with Gasteiger partial charge in [0, 0.05) is 6.04 Å². The SMILES string of the molecule is CCCNC1CCC(CCC)CC1Cc1ccc(O)cc1. The molecule has 3 atom stereocenters. The summed E-state index contributed by atoms with van der Waals surface area (Å²) in [5, 5.41) is 13.2. The average Bonchev–Trinajstić information content (AvgIpc) is 2.49. The lowest BCUT2D eigenvalue weighted by Gasteiger charge is -2.37. The zero-order valence-electron chi connectivity index (χ0n) is 13.6. The minimum atomic E-state index is 0.368. The van der Waals surface area contributed by atoms with Gasteiger partial charge in [0.25, 0.3) is 0 Å². The van der Waals surface area contributed by atoms with E-state index in [0.29, 0.717) is 11.8 Å². The molecule has 1 aliphatic carbocycles. The van der Waals surface area contributed by atoms with E-state index in [1.54, 1.807) is 0 Å². The number of hydrogen-bond donors (Lipinski definition) is 2. The molecule has 1 saturated carbocycles. The standard InChI is InChI=1S/C19H31NO/c1-3-5-15-8-11-19(20-12-4-2)17(13-15)14-16-6-9-18(21)10-7-16/h6-7,9-10,15,17,19-21H,3-5,8,11-14H2,1-2H3. The van der Waals surface area contributed by atoms with Gasteiger partial charge in [-0.2, -0.15) is 0 Å². The average molecular weight is 289 g/mol. The van der Waals surface area contributed by atoms with E-state index in [9.17, 15) is 5.11 Å². The number of benzene rings is 1. The summed E-state index contributed by atoms with van der Waals surface area (Å²) in [7, 11) is 0. The summed E-state index contributed by atoms with van der Waals surface area (Å²) >= 11 is 0. The zero-order valence-corrected chi connectivity index (χ0v) is 13.6. The fourth-order valence-corrected chi connectivity index (χ4v) is 3.79. The van der Waals surface area contributed by atoms with E-state index in [0.717, 1.165) is 24.8 Å². The molecule has 2 heteroatoms. The first-order valence-corrected chi connectivity index (χ1v) is 8.74. The molecular formula is C19H31NO. The molecule has 21 heavy (non-hydrogen) atoms. The molecule has 2 N–H and O–H groups in total. The van der Waals surface area contributed by atoms with Gasteiger partial charge < -0.3 is 10.4 Å². The highest BCUT2D eigenvalue weighted by atomic mass is 16.3. The van der Waals surface area contributed by atoms with Crippen molar-refractivity contribution in [2.45, 2.75) is 64.8 Å². The third kappa shape index (κ3) is 5.03. The van der Waals surface area contributed by atoms with Gasteiger partial charge in [0.2, 0.25) is 0 Å². The van der Waals surface area contributed by atoms with Crippen molar-refractivity contribution in [3.05, 3.63) is 29.8 Å². The molecule has 118 valence electrons. The van der Waals surface area contributed by atoms with Gasteiger partial charge in [-0.1, -0.05) is 38.8 Å². The van der Waals surface area contributed by atoms with Crippen LogP contribution < -0.4 is 5.32 Å². The molecule has 0 aliphatic heterocycles. The summed E-state index contributed by atoms with van der Waals surface area (Å²) in [5.74, 6) is 2.02.